The van der Waals surface area contributed by atoms with Gasteiger partial charge in [0.05, 0.1) is 0 Å². The van der Waals surface area contributed by atoms with Gasteiger partial charge >= 0.3 is 0 Å². The summed E-state index contributed by atoms with van der Waals surface area (Å²) in [5.41, 5.74) is 6.79. The van der Waals surface area contributed by atoms with Gasteiger partial charge in [-0.25, -0.2) is 15.0 Å². The molecule has 2 aromatic heterocycles. The molecular weight excluding hydrogens is 591 g/mol. The van der Waals surface area contributed by atoms with Crippen LogP contribution >= 0.6 is 11.3 Å². The van der Waals surface area contributed by atoms with E-state index in [0.717, 1.165) is 23.4 Å². The first-order valence-corrected chi connectivity index (χ1v) is 16.8. The summed E-state index contributed by atoms with van der Waals surface area (Å²) in [6.45, 7) is 0. The van der Waals surface area contributed by atoms with Gasteiger partial charge in [0.1, 0.15) is 5.82 Å². The van der Waals surface area contributed by atoms with Crippen LogP contribution in [0.3, 0.4) is 0 Å². The Morgan fingerprint density at radius 3 is 1.89 bits per heavy atom. The van der Waals surface area contributed by atoms with Crippen molar-refractivity contribution in [1.82, 2.24) is 15.0 Å². The van der Waals surface area contributed by atoms with Crippen molar-refractivity contribution in [2.75, 3.05) is 0 Å². The number of benzene rings is 6. The number of hydrogen-bond donors (Lipinski definition) is 0. The van der Waals surface area contributed by atoms with Gasteiger partial charge in [-0.2, -0.15) is 0 Å². The van der Waals surface area contributed by atoms with Crippen molar-refractivity contribution in [2.24, 2.45) is 0 Å². The highest BCUT2D eigenvalue weighted by Gasteiger charge is 2.19. The summed E-state index contributed by atoms with van der Waals surface area (Å²) in [6, 6.07) is 49.3. The lowest BCUT2D eigenvalue weighted by atomic mass is 9.92. The number of rotatable bonds is 5. The maximum atomic E-state index is 5.04. The summed E-state index contributed by atoms with van der Waals surface area (Å²) >= 11 is 1.88. The zero-order chi connectivity index (χ0) is 31.2. The van der Waals surface area contributed by atoms with E-state index in [1.54, 1.807) is 0 Å². The Kier molecular flexibility index (Phi) is 6.80. The Morgan fingerprint density at radius 2 is 1.15 bits per heavy atom. The van der Waals surface area contributed by atoms with Gasteiger partial charge in [0, 0.05) is 37.2 Å². The van der Waals surface area contributed by atoms with Crippen LogP contribution in [-0.4, -0.2) is 15.0 Å². The molecule has 1 aliphatic rings. The van der Waals surface area contributed by atoms with E-state index in [0.29, 0.717) is 11.6 Å². The normalized spacial score (nSPS) is 14.6. The third-order valence-corrected chi connectivity index (χ3v) is 10.3. The molecule has 9 rings (SSSR count). The van der Waals surface area contributed by atoms with Gasteiger partial charge in [-0.15, -0.1) is 11.3 Å². The van der Waals surface area contributed by atoms with Gasteiger partial charge in [0.25, 0.3) is 0 Å². The molecule has 1 unspecified atom stereocenters. The van der Waals surface area contributed by atoms with E-state index in [2.05, 4.69) is 140 Å². The molecule has 0 bridgehead atoms. The predicted octanol–water partition coefficient (Wildman–Crippen LogP) is 11.5. The standard InChI is InChI=1S/C43H29N3S/c1-3-9-28(10-4-1)29-15-19-33(20-16-29)42-44-41(32-12-5-2-6-13-32)45-43(46-42)34-21-17-30(18-22-34)35-24-25-37-38-26-23-31-11-7-8-14-36(31)40(38)47-39(37)27-35/h1-19,21-27,33H,20H2. The zero-order valence-corrected chi connectivity index (χ0v) is 26.4. The molecule has 0 saturated carbocycles. The monoisotopic (exact) mass is 619 g/mol. The second-order valence-electron chi connectivity index (χ2n) is 12.0. The Labute approximate surface area is 277 Å². The average Bonchev–Trinajstić information content (AvgIpc) is 3.54. The van der Waals surface area contributed by atoms with Crippen molar-refractivity contribution >= 4 is 47.9 Å². The third-order valence-electron chi connectivity index (χ3n) is 9.06. The molecular formula is C43H29N3S. The van der Waals surface area contributed by atoms with E-state index in [9.17, 15) is 0 Å². The first-order valence-electron chi connectivity index (χ1n) is 16.0. The molecule has 8 aromatic rings. The molecule has 0 N–H and O–H groups in total. The lowest BCUT2D eigenvalue weighted by Crippen LogP contribution is -2.08. The van der Waals surface area contributed by atoms with Crippen LogP contribution in [0.4, 0.5) is 0 Å². The first-order chi connectivity index (χ1) is 23.3. The second kappa shape index (κ2) is 11.6. The number of aromatic nitrogens is 3. The number of fused-ring (bicyclic) bond motifs is 5. The molecule has 6 aromatic carbocycles. The van der Waals surface area contributed by atoms with Gasteiger partial charge < -0.3 is 0 Å². The van der Waals surface area contributed by atoms with Crippen LogP contribution in [0.1, 0.15) is 23.7 Å². The number of nitrogens with zero attached hydrogens (tertiary/aromatic N) is 3. The molecule has 0 saturated heterocycles. The van der Waals surface area contributed by atoms with E-state index in [-0.39, 0.29) is 5.92 Å². The fraction of sp³-hybridized carbons (Fsp3) is 0.0465. The SMILES string of the molecule is C1=CC(c2nc(-c3ccccc3)nc(-c3ccc(-c4ccc5c(c4)sc4c6ccccc6ccc54)cc3)n2)CC=C1c1ccccc1. The maximum absolute atomic E-state index is 5.04. The van der Waals surface area contributed by atoms with E-state index in [4.69, 9.17) is 15.0 Å². The summed E-state index contributed by atoms with van der Waals surface area (Å²) in [4.78, 5) is 15.0. The fourth-order valence-electron chi connectivity index (χ4n) is 6.56. The predicted molar refractivity (Wildman–Crippen MR) is 197 cm³/mol. The van der Waals surface area contributed by atoms with E-state index in [1.165, 1.54) is 53.2 Å². The summed E-state index contributed by atoms with van der Waals surface area (Å²) in [6.07, 6.45) is 7.55. The summed E-state index contributed by atoms with van der Waals surface area (Å²) in [7, 11) is 0. The minimum Gasteiger partial charge on any atom is -0.212 e. The molecule has 2 heterocycles. The van der Waals surface area contributed by atoms with Crippen molar-refractivity contribution < 1.29 is 0 Å². The molecule has 0 radical (unpaired) electrons. The molecule has 1 atom stereocenters. The molecule has 0 fully saturated rings. The topological polar surface area (TPSA) is 38.7 Å². The van der Waals surface area contributed by atoms with Crippen LogP contribution in [-0.2, 0) is 0 Å². The van der Waals surface area contributed by atoms with Gasteiger partial charge in [-0.1, -0.05) is 152 Å². The number of allylic oxidation sites excluding steroid dienone is 4. The Balaban J connectivity index is 1.06. The molecule has 47 heavy (non-hydrogen) atoms. The van der Waals surface area contributed by atoms with Crippen molar-refractivity contribution in [3.05, 3.63) is 169 Å². The molecule has 4 heteroatoms. The molecule has 1 aliphatic carbocycles. The minimum absolute atomic E-state index is 0.0797. The summed E-state index contributed by atoms with van der Waals surface area (Å²) in [5, 5.41) is 5.24. The van der Waals surface area contributed by atoms with Crippen LogP contribution < -0.4 is 0 Å². The van der Waals surface area contributed by atoms with E-state index >= 15 is 0 Å². The highest BCUT2D eigenvalue weighted by Crippen LogP contribution is 2.40. The first kappa shape index (κ1) is 27.6. The summed E-state index contributed by atoms with van der Waals surface area (Å²) in [5.74, 6) is 2.26. The van der Waals surface area contributed by atoms with Crippen LogP contribution in [0.25, 0.3) is 70.4 Å². The highest BCUT2D eigenvalue weighted by atomic mass is 32.1. The van der Waals surface area contributed by atoms with Gasteiger partial charge in [0.2, 0.25) is 0 Å². The minimum atomic E-state index is 0.0797. The Morgan fingerprint density at radius 1 is 0.511 bits per heavy atom. The Hall–Kier alpha value is -5.71. The van der Waals surface area contributed by atoms with Crippen molar-refractivity contribution in [2.45, 2.75) is 12.3 Å². The van der Waals surface area contributed by atoms with Crippen LogP contribution in [0, 0.1) is 0 Å². The average molecular weight is 620 g/mol. The van der Waals surface area contributed by atoms with Crippen molar-refractivity contribution in [3.8, 4) is 33.9 Å². The number of hydrogen-bond acceptors (Lipinski definition) is 4. The number of thiophene rings is 1. The molecule has 0 spiro atoms. The van der Waals surface area contributed by atoms with Crippen LogP contribution in [0.5, 0.6) is 0 Å². The molecule has 0 amide bonds. The van der Waals surface area contributed by atoms with E-state index in [1.807, 2.05) is 29.5 Å². The lowest BCUT2D eigenvalue weighted by molar-refractivity contribution is 0.766. The van der Waals surface area contributed by atoms with Crippen LogP contribution in [0.2, 0.25) is 0 Å². The molecule has 3 nitrogen and oxygen atoms in total. The second-order valence-corrected chi connectivity index (χ2v) is 13.0. The lowest BCUT2D eigenvalue weighted by Gasteiger charge is -2.17. The molecule has 0 aliphatic heterocycles. The van der Waals surface area contributed by atoms with Crippen LogP contribution in [0.15, 0.2) is 158 Å². The zero-order valence-electron chi connectivity index (χ0n) is 25.5. The Bertz CT molecular complexity index is 2480. The van der Waals surface area contributed by atoms with E-state index < -0.39 is 0 Å². The smallest absolute Gasteiger partial charge is 0.163 e. The fourth-order valence-corrected chi connectivity index (χ4v) is 7.83. The van der Waals surface area contributed by atoms with Gasteiger partial charge in [-0.3, -0.25) is 0 Å². The quantitative estimate of drug-likeness (QED) is 0.192. The highest BCUT2D eigenvalue weighted by molar-refractivity contribution is 7.26. The van der Waals surface area contributed by atoms with Gasteiger partial charge in [0.15, 0.2) is 11.6 Å². The largest absolute Gasteiger partial charge is 0.212 e. The third kappa shape index (κ3) is 5.13. The maximum Gasteiger partial charge on any atom is 0.163 e. The molecule has 222 valence electrons. The van der Waals surface area contributed by atoms with Crippen molar-refractivity contribution in [3.63, 3.8) is 0 Å². The summed E-state index contributed by atoms with van der Waals surface area (Å²) < 4.78 is 2.66. The van der Waals surface area contributed by atoms with Crippen molar-refractivity contribution in [1.29, 1.82) is 0 Å². The van der Waals surface area contributed by atoms with Gasteiger partial charge in [-0.05, 0) is 45.5 Å².